The lowest BCUT2D eigenvalue weighted by Gasteiger charge is -2.36. The molecule has 7 nitrogen and oxygen atoms in total. The van der Waals surface area contributed by atoms with E-state index in [1.165, 1.54) is 0 Å². The van der Waals surface area contributed by atoms with Crippen LogP contribution in [0.5, 0.6) is 0 Å². The van der Waals surface area contributed by atoms with Crippen molar-refractivity contribution in [3.63, 3.8) is 0 Å². The Labute approximate surface area is 195 Å². The van der Waals surface area contributed by atoms with Gasteiger partial charge in [0.1, 0.15) is 0 Å². The highest BCUT2D eigenvalue weighted by Crippen LogP contribution is 2.35. The molecular weight excluding hydrogens is 418 g/mol. The molecule has 2 aliphatic heterocycles. The summed E-state index contributed by atoms with van der Waals surface area (Å²) in [6.07, 6.45) is 1.78. The highest BCUT2D eigenvalue weighted by molar-refractivity contribution is 5.91. The number of nitrogens with one attached hydrogen (secondary N) is 2. The van der Waals surface area contributed by atoms with E-state index in [9.17, 15) is 9.59 Å². The number of hydrogen-bond donors (Lipinski definition) is 2. The zero-order valence-electron chi connectivity index (χ0n) is 19.1. The van der Waals surface area contributed by atoms with Crippen LogP contribution in [0.3, 0.4) is 0 Å². The Hall–Kier alpha value is -2.74. The van der Waals surface area contributed by atoms with Gasteiger partial charge in [0.25, 0.3) is 0 Å². The van der Waals surface area contributed by atoms with Crippen molar-refractivity contribution in [3.8, 4) is 0 Å². The van der Waals surface area contributed by atoms with Gasteiger partial charge in [-0.15, -0.1) is 0 Å². The maximum atomic E-state index is 13.3. The van der Waals surface area contributed by atoms with Gasteiger partial charge in [-0.05, 0) is 36.1 Å². The number of benzene rings is 2. The van der Waals surface area contributed by atoms with Crippen LogP contribution in [0.15, 0.2) is 54.6 Å². The fourth-order valence-corrected chi connectivity index (χ4v) is 4.54. The summed E-state index contributed by atoms with van der Waals surface area (Å²) in [6, 6.07) is 17.6. The minimum atomic E-state index is -0.565. The van der Waals surface area contributed by atoms with E-state index in [-0.39, 0.29) is 11.8 Å². The number of carbonyl (C=O) groups excluding carboxylic acids is 2. The van der Waals surface area contributed by atoms with Crippen LogP contribution in [0, 0.1) is 0 Å². The van der Waals surface area contributed by atoms with Crippen molar-refractivity contribution in [3.05, 3.63) is 65.7 Å². The molecule has 0 aromatic heterocycles. The molecule has 176 valence electrons. The summed E-state index contributed by atoms with van der Waals surface area (Å²) in [5.41, 5.74) is 2.17. The molecule has 0 aliphatic carbocycles. The van der Waals surface area contributed by atoms with Gasteiger partial charge >= 0.3 is 0 Å². The molecule has 4 rings (SSSR count). The number of hydrogen-bond acceptors (Lipinski definition) is 5. The minimum absolute atomic E-state index is 0.00656. The van der Waals surface area contributed by atoms with Crippen LogP contribution >= 0.6 is 0 Å². The molecule has 0 atom stereocenters. The van der Waals surface area contributed by atoms with Crippen molar-refractivity contribution < 1.29 is 19.1 Å². The fraction of sp³-hybridized carbons (Fsp3) is 0.462. The number of ether oxygens (including phenoxy) is 2. The summed E-state index contributed by atoms with van der Waals surface area (Å²) in [7, 11) is 0. The van der Waals surface area contributed by atoms with Gasteiger partial charge in [0.05, 0.1) is 18.6 Å². The molecular formula is C26H33N3O4. The molecule has 0 radical (unpaired) electrons. The first kappa shape index (κ1) is 23.4. The Kier molecular flexibility index (Phi) is 8.10. The largest absolute Gasteiger partial charge is 0.381 e. The quantitative estimate of drug-likeness (QED) is 0.645. The van der Waals surface area contributed by atoms with Gasteiger partial charge in [0.2, 0.25) is 11.8 Å². The number of carbonyl (C=O) groups is 2. The van der Waals surface area contributed by atoms with Crippen LogP contribution in [0.1, 0.15) is 30.4 Å². The van der Waals surface area contributed by atoms with E-state index in [0.717, 1.165) is 49.7 Å². The van der Waals surface area contributed by atoms with Crippen LogP contribution in [-0.4, -0.2) is 62.8 Å². The molecule has 0 spiro atoms. The van der Waals surface area contributed by atoms with Crippen molar-refractivity contribution in [2.24, 2.45) is 0 Å². The fourth-order valence-electron chi connectivity index (χ4n) is 4.54. The predicted molar refractivity (Wildman–Crippen MR) is 127 cm³/mol. The van der Waals surface area contributed by atoms with Gasteiger partial charge in [-0.25, -0.2) is 0 Å². The SMILES string of the molecule is O=C(CCN1CCOCC1)Nc1cccc(CNC(=O)C2(c3ccccc3)CCOCC2)c1. The average molecular weight is 452 g/mol. The highest BCUT2D eigenvalue weighted by Gasteiger charge is 2.41. The normalized spacial score (nSPS) is 18.4. The molecule has 2 N–H and O–H groups in total. The number of morpholine rings is 1. The van der Waals surface area contributed by atoms with E-state index in [2.05, 4.69) is 15.5 Å². The minimum Gasteiger partial charge on any atom is -0.381 e. The second-order valence-corrected chi connectivity index (χ2v) is 8.70. The number of amides is 2. The second kappa shape index (κ2) is 11.4. The maximum absolute atomic E-state index is 13.3. The van der Waals surface area contributed by atoms with Gasteiger partial charge in [-0.1, -0.05) is 42.5 Å². The molecule has 2 fully saturated rings. The van der Waals surface area contributed by atoms with Crippen molar-refractivity contribution in [1.82, 2.24) is 10.2 Å². The smallest absolute Gasteiger partial charge is 0.231 e. The van der Waals surface area contributed by atoms with E-state index in [1.54, 1.807) is 0 Å². The molecule has 2 heterocycles. The van der Waals surface area contributed by atoms with E-state index >= 15 is 0 Å². The first-order chi connectivity index (χ1) is 16.2. The first-order valence-electron chi connectivity index (χ1n) is 11.8. The lowest BCUT2D eigenvalue weighted by Crippen LogP contribution is -2.47. The van der Waals surface area contributed by atoms with Crippen LogP contribution in [0.25, 0.3) is 0 Å². The van der Waals surface area contributed by atoms with Gasteiger partial charge in [-0.2, -0.15) is 0 Å². The summed E-state index contributed by atoms with van der Waals surface area (Å²) in [5, 5.41) is 6.11. The first-order valence-corrected chi connectivity index (χ1v) is 11.8. The predicted octanol–water partition coefficient (Wildman–Crippen LogP) is 2.71. The topological polar surface area (TPSA) is 79.9 Å². The van der Waals surface area contributed by atoms with Crippen molar-refractivity contribution in [1.29, 1.82) is 0 Å². The van der Waals surface area contributed by atoms with Gasteiger partial charge in [0, 0.05) is 51.5 Å². The summed E-state index contributed by atoms with van der Waals surface area (Å²) in [4.78, 5) is 28.0. The summed E-state index contributed by atoms with van der Waals surface area (Å²) >= 11 is 0. The van der Waals surface area contributed by atoms with Gasteiger partial charge in [-0.3, -0.25) is 14.5 Å². The molecule has 2 aromatic carbocycles. The summed E-state index contributed by atoms with van der Waals surface area (Å²) < 4.78 is 10.9. The lowest BCUT2D eigenvalue weighted by atomic mass is 9.73. The van der Waals surface area contributed by atoms with Crippen LogP contribution in [0.4, 0.5) is 5.69 Å². The Morgan fingerprint density at radius 3 is 2.39 bits per heavy atom. The standard InChI is InChI=1S/C26H33N3O4/c30-24(9-12-29-13-17-33-18-14-29)28-23-8-4-5-21(19-23)20-27-25(31)26(10-15-32-16-11-26)22-6-2-1-3-7-22/h1-8,19H,9-18,20H2,(H,27,31)(H,28,30). The zero-order chi connectivity index (χ0) is 22.9. The Morgan fingerprint density at radius 2 is 1.64 bits per heavy atom. The third-order valence-corrected chi connectivity index (χ3v) is 6.53. The Morgan fingerprint density at radius 1 is 0.909 bits per heavy atom. The molecule has 2 saturated heterocycles. The second-order valence-electron chi connectivity index (χ2n) is 8.70. The van der Waals surface area contributed by atoms with Crippen molar-refractivity contribution in [2.45, 2.75) is 31.2 Å². The highest BCUT2D eigenvalue weighted by atomic mass is 16.5. The summed E-state index contributed by atoms with van der Waals surface area (Å²) in [6.45, 7) is 5.50. The number of anilines is 1. The molecule has 2 aliphatic rings. The molecule has 7 heteroatoms. The molecule has 2 aromatic rings. The van der Waals surface area contributed by atoms with Crippen LogP contribution in [-0.2, 0) is 31.0 Å². The van der Waals surface area contributed by atoms with E-state index in [4.69, 9.17) is 9.47 Å². The van der Waals surface area contributed by atoms with E-state index in [0.29, 0.717) is 39.0 Å². The molecule has 33 heavy (non-hydrogen) atoms. The maximum Gasteiger partial charge on any atom is 0.231 e. The van der Waals surface area contributed by atoms with E-state index < -0.39 is 5.41 Å². The van der Waals surface area contributed by atoms with Gasteiger partial charge in [0.15, 0.2) is 0 Å². The monoisotopic (exact) mass is 451 g/mol. The van der Waals surface area contributed by atoms with Crippen LogP contribution < -0.4 is 10.6 Å². The Bertz CT molecular complexity index is 922. The number of rotatable bonds is 8. The van der Waals surface area contributed by atoms with Crippen LogP contribution in [0.2, 0.25) is 0 Å². The molecule has 2 amide bonds. The Balaban J connectivity index is 1.33. The lowest BCUT2D eigenvalue weighted by molar-refractivity contribution is -0.130. The molecule has 0 saturated carbocycles. The zero-order valence-corrected chi connectivity index (χ0v) is 19.1. The average Bonchev–Trinajstić information content (AvgIpc) is 2.88. The number of nitrogens with zero attached hydrogens (tertiary/aromatic N) is 1. The third kappa shape index (κ3) is 6.19. The van der Waals surface area contributed by atoms with E-state index in [1.807, 2.05) is 54.6 Å². The molecule has 0 unspecified atom stereocenters. The van der Waals surface area contributed by atoms with Crippen molar-refractivity contribution >= 4 is 17.5 Å². The molecule has 0 bridgehead atoms. The van der Waals surface area contributed by atoms with Gasteiger partial charge < -0.3 is 20.1 Å². The third-order valence-electron chi connectivity index (χ3n) is 6.53. The van der Waals surface area contributed by atoms with Crippen molar-refractivity contribution in [2.75, 3.05) is 51.4 Å². The summed E-state index contributed by atoms with van der Waals surface area (Å²) in [5.74, 6) is 0.0184.